The summed E-state index contributed by atoms with van der Waals surface area (Å²) in [4.78, 5) is 33.1. The maximum absolute atomic E-state index is 14.1. The molecule has 2 unspecified atom stereocenters. The summed E-state index contributed by atoms with van der Waals surface area (Å²) in [6.07, 6.45) is 2.50. The Morgan fingerprint density at radius 1 is 0.976 bits per heavy atom. The van der Waals surface area contributed by atoms with Crippen molar-refractivity contribution in [3.63, 3.8) is 0 Å². The fourth-order valence-electron chi connectivity index (χ4n) is 5.97. The minimum absolute atomic E-state index is 0.0751. The average molecular weight is 600 g/mol. The van der Waals surface area contributed by atoms with Crippen molar-refractivity contribution in [3.05, 3.63) is 118 Å². The SMILES string of the molecule is CC(c1ccc2ccccc2c1)C(C(=O)NCc1ccc(Cl)c(Cl)c1)N1CCN[C@@H](Cc2c[nH]c3ccccc23)C1=O. The van der Waals surface area contributed by atoms with Crippen LogP contribution in [0.2, 0.25) is 10.0 Å². The van der Waals surface area contributed by atoms with Crippen LogP contribution in [0.3, 0.4) is 0 Å². The van der Waals surface area contributed by atoms with Gasteiger partial charge < -0.3 is 20.5 Å². The zero-order valence-corrected chi connectivity index (χ0v) is 24.8. The van der Waals surface area contributed by atoms with E-state index in [-0.39, 0.29) is 24.3 Å². The summed E-state index contributed by atoms with van der Waals surface area (Å²) in [6, 6.07) is 26.7. The molecule has 1 saturated heterocycles. The van der Waals surface area contributed by atoms with E-state index in [0.717, 1.165) is 38.4 Å². The van der Waals surface area contributed by atoms with Crippen molar-refractivity contribution in [2.75, 3.05) is 13.1 Å². The smallest absolute Gasteiger partial charge is 0.243 e. The van der Waals surface area contributed by atoms with Gasteiger partial charge in [0.05, 0.1) is 16.1 Å². The molecule has 1 aliphatic rings. The maximum atomic E-state index is 14.1. The second kappa shape index (κ2) is 12.2. The maximum Gasteiger partial charge on any atom is 0.243 e. The van der Waals surface area contributed by atoms with Crippen molar-refractivity contribution in [3.8, 4) is 0 Å². The van der Waals surface area contributed by atoms with E-state index in [1.54, 1.807) is 17.0 Å². The molecular formula is C34H32Cl2N4O2. The molecule has 3 N–H and O–H groups in total. The first-order valence-electron chi connectivity index (χ1n) is 14.2. The Balaban J connectivity index is 1.29. The molecule has 42 heavy (non-hydrogen) atoms. The first-order chi connectivity index (χ1) is 20.4. The summed E-state index contributed by atoms with van der Waals surface area (Å²) < 4.78 is 0. The summed E-state index contributed by atoms with van der Waals surface area (Å²) in [5.74, 6) is -0.532. The van der Waals surface area contributed by atoms with E-state index >= 15 is 0 Å². The van der Waals surface area contributed by atoms with Crippen LogP contribution in [0.1, 0.15) is 29.5 Å². The van der Waals surface area contributed by atoms with Crippen molar-refractivity contribution in [1.82, 2.24) is 20.5 Å². The van der Waals surface area contributed by atoms with Gasteiger partial charge >= 0.3 is 0 Å². The number of hydrogen-bond acceptors (Lipinski definition) is 3. The number of piperazine rings is 1. The predicted molar refractivity (Wildman–Crippen MR) is 170 cm³/mol. The Kier molecular flexibility index (Phi) is 8.20. The van der Waals surface area contributed by atoms with Crippen LogP contribution in [-0.4, -0.2) is 46.9 Å². The number of carbonyl (C=O) groups is 2. The number of aromatic amines is 1. The quantitative estimate of drug-likeness (QED) is 0.192. The van der Waals surface area contributed by atoms with Gasteiger partial charge in [-0.05, 0) is 52.1 Å². The average Bonchev–Trinajstić information content (AvgIpc) is 3.42. The number of halogens is 2. The third-order valence-corrected chi connectivity index (χ3v) is 8.99. The summed E-state index contributed by atoms with van der Waals surface area (Å²) in [5.41, 5.74) is 3.94. The number of nitrogens with zero attached hydrogens (tertiary/aromatic N) is 1. The van der Waals surface area contributed by atoms with Crippen molar-refractivity contribution in [2.24, 2.45) is 0 Å². The molecule has 0 radical (unpaired) electrons. The van der Waals surface area contributed by atoms with Crippen molar-refractivity contribution in [2.45, 2.75) is 37.9 Å². The molecule has 1 fully saturated rings. The lowest BCUT2D eigenvalue weighted by molar-refractivity contribution is -0.145. The number of nitrogens with one attached hydrogen (secondary N) is 3. The van der Waals surface area contributed by atoms with Gasteiger partial charge in [-0.15, -0.1) is 0 Å². The van der Waals surface area contributed by atoms with Gasteiger partial charge in [0, 0.05) is 42.7 Å². The molecular weight excluding hydrogens is 567 g/mol. The number of aromatic nitrogens is 1. The molecule has 8 heteroatoms. The third kappa shape index (κ3) is 5.75. The largest absolute Gasteiger partial charge is 0.361 e. The van der Waals surface area contributed by atoms with Gasteiger partial charge in [-0.1, -0.05) is 96.9 Å². The lowest BCUT2D eigenvalue weighted by Gasteiger charge is -2.40. The Bertz CT molecular complexity index is 1770. The zero-order valence-electron chi connectivity index (χ0n) is 23.2. The summed E-state index contributed by atoms with van der Waals surface area (Å²) in [7, 11) is 0. The lowest BCUT2D eigenvalue weighted by Crippen LogP contribution is -2.62. The number of benzene rings is 4. The number of H-pyrrole nitrogens is 1. The minimum Gasteiger partial charge on any atom is -0.361 e. The monoisotopic (exact) mass is 598 g/mol. The standard InChI is InChI=1S/C34H32Cl2N4O2/c1-21(24-12-11-23-6-2-3-7-25(23)17-24)32(33(41)39-19-22-10-13-28(35)29(36)16-22)40-15-14-37-31(34(40)42)18-26-20-38-30-9-5-4-8-27(26)30/h2-13,16-17,20-21,31-32,37-38H,14-15,18-19H2,1H3,(H,39,41)/t21?,31-,32?/m0/s1. The van der Waals surface area contributed by atoms with Crippen LogP contribution in [0.5, 0.6) is 0 Å². The highest BCUT2D eigenvalue weighted by molar-refractivity contribution is 6.42. The van der Waals surface area contributed by atoms with Gasteiger partial charge in [-0.2, -0.15) is 0 Å². The molecule has 214 valence electrons. The molecule has 0 spiro atoms. The van der Waals surface area contributed by atoms with E-state index in [4.69, 9.17) is 23.2 Å². The van der Waals surface area contributed by atoms with Crippen LogP contribution < -0.4 is 10.6 Å². The number of para-hydroxylation sites is 1. The predicted octanol–water partition coefficient (Wildman–Crippen LogP) is 6.46. The fourth-order valence-corrected chi connectivity index (χ4v) is 6.29. The molecule has 1 aliphatic heterocycles. The number of carbonyl (C=O) groups excluding carboxylic acids is 2. The van der Waals surface area contributed by atoms with Gasteiger partial charge in [0.25, 0.3) is 0 Å². The molecule has 1 aromatic heterocycles. The normalized spacial score (nSPS) is 17.0. The van der Waals surface area contributed by atoms with E-state index in [1.165, 1.54) is 0 Å². The Morgan fingerprint density at radius 2 is 1.76 bits per heavy atom. The van der Waals surface area contributed by atoms with Crippen LogP contribution in [0.25, 0.3) is 21.7 Å². The molecule has 2 amide bonds. The third-order valence-electron chi connectivity index (χ3n) is 8.25. The van der Waals surface area contributed by atoms with Gasteiger partial charge in [0.1, 0.15) is 6.04 Å². The van der Waals surface area contributed by atoms with Crippen LogP contribution in [-0.2, 0) is 22.6 Å². The highest BCUT2D eigenvalue weighted by atomic mass is 35.5. The zero-order chi connectivity index (χ0) is 29.2. The molecule has 2 heterocycles. The van der Waals surface area contributed by atoms with Crippen LogP contribution in [0.15, 0.2) is 91.1 Å². The van der Waals surface area contributed by atoms with Gasteiger partial charge in [0.2, 0.25) is 11.8 Å². The molecule has 6 nitrogen and oxygen atoms in total. The van der Waals surface area contributed by atoms with Crippen molar-refractivity contribution in [1.29, 1.82) is 0 Å². The number of amides is 2. The van der Waals surface area contributed by atoms with Crippen molar-refractivity contribution < 1.29 is 9.59 Å². The highest BCUT2D eigenvalue weighted by Crippen LogP contribution is 2.29. The van der Waals surface area contributed by atoms with E-state index in [9.17, 15) is 9.59 Å². The number of hydrogen-bond donors (Lipinski definition) is 3. The van der Waals surface area contributed by atoms with Crippen LogP contribution >= 0.6 is 23.2 Å². The Morgan fingerprint density at radius 3 is 2.60 bits per heavy atom. The first kappa shape index (κ1) is 28.3. The van der Waals surface area contributed by atoms with Gasteiger partial charge in [-0.3, -0.25) is 9.59 Å². The molecule has 4 aromatic carbocycles. The van der Waals surface area contributed by atoms with E-state index < -0.39 is 12.1 Å². The molecule has 0 bridgehead atoms. The number of rotatable bonds is 8. The fraction of sp³-hybridized carbons (Fsp3) is 0.235. The van der Waals surface area contributed by atoms with E-state index in [0.29, 0.717) is 29.6 Å². The van der Waals surface area contributed by atoms with Crippen LogP contribution in [0, 0.1) is 0 Å². The van der Waals surface area contributed by atoms with Gasteiger partial charge in [-0.25, -0.2) is 0 Å². The Hall–Kier alpha value is -3.84. The number of fused-ring (bicyclic) bond motifs is 2. The second-order valence-corrected chi connectivity index (χ2v) is 11.7. The minimum atomic E-state index is -0.700. The molecule has 6 rings (SSSR count). The molecule has 3 atom stereocenters. The molecule has 0 saturated carbocycles. The topological polar surface area (TPSA) is 77.2 Å². The second-order valence-electron chi connectivity index (χ2n) is 10.9. The summed E-state index contributed by atoms with van der Waals surface area (Å²) in [6.45, 7) is 3.33. The Labute approximate surface area is 255 Å². The first-order valence-corrected chi connectivity index (χ1v) is 14.9. The van der Waals surface area contributed by atoms with Crippen molar-refractivity contribution >= 4 is 56.7 Å². The summed E-state index contributed by atoms with van der Waals surface area (Å²) in [5, 5.41) is 10.7. The van der Waals surface area contributed by atoms with E-state index in [1.807, 2.05) is 49.5 Å². The highest BCUT2D eigenvalue weighted by Gasteiger charge is 2.40. The molecule has 5 aromatic rings. The summed E-state index contributed by atoms with van der Waals surface area (Å²) >= 11 is 12.3. The van der Waals surface area contributed by atoms with Gasteiger partial charge in [0.15, 0.2) is 0 Å². The van der Waals surface area contributed by atoms with E-state index in [2.05, 4.69) is 52.0 Å². The van der Waals surface area contributed by atoms with Crippen LogP contribution in [0.4, 0.5) is 0 Å². The lowest BCUT2D eigenvalue weighted by atomic mass is 9.88. The molecule has 0 aliphatic carbocycles.